The molecule has 0 unspecified atom stereocenters. The van der Waals surface area contributed by atoms with E-state index in [-0.39, 0.29) is 30.2 Å². The number of aromatic hydroxyl groups is 1. The Labute approximate surface area is 244 Å². The van der Waals surface area contributed by atoms with Crippen molar-refractivity contribution in [1.82, 2.24) is 14.8 Å². The normalized spacial score (nSPS) is 14.3. The van der Waals surface area contributed by atoms with Gasteiger partial charge in [0.15, 0.2) is 0 Å². The first kappa shape index (κ1) is 28.5. The van der Waals surface area contributed by atoms with Gasteiger partial charge in [0.2, 0.25) is 0 Å². The fourth-order valence-electron chi connectivity index (χ4n) is 5.42. The number of fused-ring (bicyclic) bond motifs is 1. The Balaban J connectivity index is 1.49. The molecule has 3 amide bonds. The number of amides is 3. The minimum atomic E-state index is -0.894. The van der Waals surface area contributed by atoms with Gasteiger partial charge >= 0.3 is 6.09 Å². The molecule has 2 heterocycles. The van der Waals surface area contributed by atoms with Crippen LogP contribution < -0.4 is 11.1 Å². The standard InChI is InChI=1S/C33H34N4O5/c1-20-14-24-6-4-5-7-25(24)18-37(20)32(40)29-15-23(19-42-33(34)41)10-13-27(29)30-16-28(21(2)36(30)3)31(39)35-17-22-8-11-26(38)12-9-22/h4-13,15-16,20,38H,14,17-19H2,1-3H3,(H2,34,41)(H,35,39)/t20-/m1/s1. The van der Waals surface area contributed by atoms with Crippen LogP contribution in [0.25, 0.3) is 11.3 Å². The topological polar surface area (TPSA) is 127 Å². The zero-order valence-electron chi connectivity index (χ0n) is 23.9. The smallest absolute Gasteiger partial charge is 0.404 e. The summed E-state index contributed by atoms with van der Waals surface area (Å²) >= 11 is 0. The summed E-state index contributed by atoms with van der Waals surface area (Å²) in [4.78, 5) is 40.6. The Morgan fingerprint density at radius 1 is 0.976 bits per heavy atom. The highest BCUT2D eigenvalue weighted by Gasteiger charge is 2.30. The number of hydrogen-bond acceptors (Lipinski definition) is 5. The second kappa shape index (κ2) is 11.8. The highest BCUT2D eigenvalue weighted by Crippen LogP contribution is 2.32. The molecule has 42 heavy (non-hydrogen) atoms. The van der Waals surface area contributed by atoms with Gasteiger partial charge < -0.3 is 30.4 Å². The van der Waals surface area contributed by atoms with E-state index in [2.05, 4.69) is 11.4 Å². The molecular weight excluding hydrogens is 532 g/mol. The number of aromatic nitrogens is 1. The number of nitrogens with zero attached hydrogens (tertiary/aromatic N) is 2. The summed E-state index contributed by atoms with van der Waals surface area (Å²) in [6.07, 6.45) is -0.148. The molecule has 4 aromatic rings. The number of benzene rings is 3. The predicted molar refractivity (Wildman–Crippen MR) is 159 cm³/mol. The predicted octanol–water partition coefficient (Wildman–Crippen LogP) is 4.82. The van der Waals surface area contributed by atoms with Gasteiger partial charge in [-0.1, -0.05) is 48.5 Å². The number of hydrogen-bond donors (Lipinski definition) is 3. The molecule has 0 fully saturated rings. The molecule has 1 atom stereocenters. The lowest BCUT2D eigenvalue weighted by Crippen LogP contribution is -2.42. The van der Waals surface area contributed by atoms with E-state index in [9.17, 15) is 19.5 Å². The van der Waals surface area contributed by atoms with Gasteiger partial charge in [0.1, 0.15) is 12.4 Å². The van der Waals surface area contributed by atoms with Crippen LogP contribution in [0.5, 0.6) is 5.75 Å². The lowest BCUT2D eigenvalue weighted by Gasteiger charge is -2.35. The zero-order chi connectivity index (χ0) is 30.0. The fraction of sp³-hybridized carbons (Fsp3) is 0.242. The van der Waals surface area contributed by atoms with Gasteiger partial charge in [0.05, 0.1) is 5.56 Å². The van der Waals surface area contributed by atoms with Crippen LogP contribution in [0.2, 0.25) is 0 Å². The third-order valence-electron chi connectivity index (χ3n) is 7.91. The Bertz CT molecular complexity index is 1660. The summed E-state index contributed by atoms with van der Waals surface area (Å²) in [7, 11) is 1.86. The van der Waals surface area contributed by atoms with Crippen LogP contribution >= 0.6 is 0 Å². The van der Waals surface area contributed by atoms with Gasteiger partial charge in [-0.2, -0.15) is 0 Å². The molecule has 9 nitrogen and oxygen atoms in total. The van der Waals surface area contributed by atoms with Crippen molar-refractivity contribution in [2.75, 3.05) is 0 Å². The number of primary amides is 1. The van der Waals surface area contributed by atoms with Gasteiger partial charge in [-0.15, -0.1) is 0 Å². The lowest BCUT2D eigenvalue weighted by atomic mass is 9.93. The summed E-state index contributed by atoms with van der Waals surface area (Å²) < 4.78 is 6.91. The van der Waals surface area contributed by atoms with Crippen LogP contribution in [0.15, 0.2) is 72.8 Å². The van der Waals surface area contributed by atoms with Crippen molar-refractivity contribution < 1.29 is 24.2 Å². The maximum Gasteiger partial charge on any atom is 0.404 e. The van der Waals surface area contributed by atoms with Crippen LogP contribution in [0.3, 0.4) is 0 Å². The average Bonchev–Trinajstić information content (AvgIpc) is 3.28. The number of carbonyl (C=O) groups excluding carboxylic acids is 3. The fourth-order valence-corrected chi connectivity index (χ4v) is 5.42. The van der Waals surface area contributed by atoms with E-state index < -0.39 is 6.09 Å². The molecule has 216 valence electrons. The van der Waals surface area contributed by atoms with Crippen LogP contribution in [0.4, 0.5) is 4.79 Å². The van der Waals surface area contributed by atoms with Crippen LogP contribution in [-0.4, -0.2) is 38.5 Å². The van der Waals surface area contributed by atoms with Crippen LogP contribution in [0, 0.1) is 6.92 Å². The van der Waals surface area contributed by atoms with E-state index in [4.69, 9.17) is 10.5 Å². The van der Waals surface area contributed by atoms with Crippen molar-refractivity contribution in [2.45, 2.75) is 46.0 Å². The number of phenolic OH excluding ortho intramolecular Hbond substituents is 1. The Hall–Kier alpha value is -5.05. The molecule has 0 saturated heterocycles. The maximum absolute atomic E-state index is 14.2. The van der Waals surface area contributed by atoms with Crippen molar-refractivity contribution in [3.8, 4) is 17.0 Å². The number of ether oxygens (including phenoxy) is 1. The van der Waals surface area contributed by atoms with Crippen LogP contribution in [-0.2, 0) is 37.9 Å². The summed E-state index contributed by atoms with van der Waals surface area (Å²) in [6.45, 7) is 4.62. The van der Waals surface area contributed by atoms with E-state index in [0.717, 1.165) is 23.2 Å². The highest BCUT2D eigenvalue weighted by atomic mass is 16.5. The van der Waals surface area contributed by atoms with Gasteiger partial charge in [0, 0.05) is 48.7 Å². The minimum absolute atomic E-state index is 0.0258. The van der Waals surface area contributed by atoms with E-state index in [1.165, 1.54) is 5.56 Å². The largest absolute Gasteiger partial charge is 0.508 e. The highest BCUT2D eigenvalue weighted by molar-refractivity contribution is 6.02. The molecule has 0 radical (unpaired) electrons. The lowest BCUT2D eigenvalue weighted by molar-refractivity contribution is 0.0658. The quantitative estimate of drug-likeness (QED) is 0.296. The minimum Gasteiger partial charge on any atom is -0.508 e. The Morgan fingerprint density at radius 3 is 2.38 bits per heavy atom. The molecule has 3 aromatic carbocycles. The molecule has 5 rings (SSSR count). The Morgan fingerprint density at radius 2 is 1.67 bits per heavy atom. The first-order valence-electron chi connectivity index (χ1n) is 13.8. The van der Waals surface area contributed by atoms with Crippen LogP contribution in [0.1, 0.15) is 55.6 Å². The van der Waals surface area contributed by atoms with Crippen molar-refractivity contribution >= 4 is 17.9 Å². The van der Waals surface area contributed by atoms with E-state index >= 15 is 0 Å². The SMILES string of the molecule is Cc1c(C(=O)NCc2ccc(O)cc2)cc(-c2ccc(COC(N)=O)cc2C(=O)N2Cc3ccccc3C[C@H]2C)n1C. The van der Waals surface area contributed by atoms with Crippen molar-refractivity contribution in [3.63, 3.8) is 0 Å². The van der Waals surface area contributed by atoms with Gasteiger partial charge in [-0.3, -0.25) is 9.59 Å². The molecule has 0 spiro atoms. The molecule has 4 N–H and O–H groups in total. The molecule has 1 aliphatic heterocycles. The molecule has 1 aliphatic rings. The summed E-state index contributed by atoms with van der Waals surface area (Å²) in [6, 6.07) is 21.9. The number of nitrogens with one attached hydrogen (secondary N) is 1. The third-order valence-corrected chi connectivity index (χ3v) is 7.91. The van der Waals surface area contributed by atoms with Crippen molar-refractivity contribution in [2.24, 2.45) is 12.8 Å². The second-order valence-corrected chi connectivity index (χ2v) is 10.7. The number of carbonyl (C=O) groups is 3. The third kappa shape index (κ3) is 5.85. The molecule has 0 bridgehead atoms. The Kier molecular flexibility index (Phi) is 8.01. The molecule has 0 saturated carbocycles. The summed E-state index contributed by atoms with van der Waals surface area (Å²) in [5, 5.41) is 12.5. The number of nitrogens with two attached hydrogens (primary N) is 1. The zero-order valence-corrected chi connectivity index (χ0v) is 23.9. The van der Waals surface area contributed by atoms with Gasteiger partial charge in [-0.05, 0) is 66.8 Å². The molecule has 1 aromatic heterocycles. The first-order valence-corrected chi connectivity index (χ1v) is 13.8. The number of rotatable bonds is 7. The maximum atomic E-state index is 14.2. The van der Waals surface area contributed by atoms with E-state index in [1.54, 1.807) is 42.5 Å². The van der Waals surface area contributed by atoms with E-state index in [1.807, 2.05) is 54.6 Å². The van der Waals surface area contributed by atoms with E-state index in [0.29, 0.717) is 41.0 Å². The van der Waals surface area contributed by atoms with Gasteiger partial charge in [-0.25, -0.2) is 4.79 Å². The average molecular weight is 567 g/mol. The monoisotopic (exact) mass is 566 g/mol. The summed E-state index contributed by atoms with van der Waals surface area (Å²) in [5.74, 6) is -0.234. The first-order chi connectivity index (χ1) is 20.1. The number of phenols is 1. The van der Waals surface area contributed by atoms with Crippen molar-refractivity contribution in [3.05, 3.63) is 112 Å². The molecule has 9 heteroatoms. The van der Waals surface area contributed by atoms with Crippen molar-refractivity contribution in [1.29, 1.82) is 0 Å². The van der Waals surface area contributed by atoms with Gasteiger partial charge in [0.25, 0.3) is 11.8 Å². The second-order valence-electron chi connectivity index (χ2n) is 10.7. The molecule has 0 aliphatic carbocycles. The summed E-state index contributed by atoms with van der Waals surface area (Å²) in [5.41, 5.74) is 12.1. The molecular formula is C33H34N4O5.